The summed E-state index contributed by atoms with van der Waals surface area (Å²) in [5.74, 6) is -0.563. The highest BCUT2D eigenvalue weighted by molar-refractivity contribution is 8.00. The molecular formula is C12H10F3N3OS. The fraction of sp³-hybridized carbons (Fsp3) is 0.167. The second-order valence-corrected chi connectivity index (χ2v) is 4.91. The lowest BCUT2D eigenvalue weighted by Crippen LogP contribution is -2.23. The van der Waals surface area contributed by atoms with Crippen LogP contribution in [0.4, 0.5) is 13.2 Å². The number of rotatable bonds is 4. The molecule has 20 heavy (non-hydrogen) atoms. The average Bonchev–Trinajstić information content (AvgIpc) is 2.88. The molecule has 0 spiro atoms. The molecular weight excluding hydrogens is 291 g/mol. The SMILES string of the molecule is O=C(NCc1cnc[nH]1)c1ccccc1SC(F)(F)F. The van der Waals surface area contributed by atoms with E-state index in [0.29, 0.717) is 5.69 Å². The summed E-state index contributed by atoms with van der Waals surface area (Å²) in [5.41, 5.74) is -3.77. The van der Waals surface area contributed by atoms with Gasteiger partial charge in [-0.25, -0.2) is 4.98 Å². The molecule has 1 heterocycles. The minimum atomic E-state index is -4.43. The number of H-pyrrole nitrogens is 1. The summed E-state index contributed by atoms with van der Waals surface area (Å²) in [6.45, 7) is 0.170. The third-order valence-corrected chi connectivity index (χ3v) is 3.16. The molecule has 2 aromatic rings. The maximum atomic E-state index is 12.4. The number of amides is 1. The molecule has 1 amide bonds. The fourth-order valence-electron chi connectivity index (χ4n) is 1.52. The Morgan fingerprint density at radius 3 is 2.75 bits per heavy atom. The van der Waals surface area contributed by atoms with Crippen LogP contribution in [0.5, 0.6) is 0 Å². The molecule has 0 aliphatic carbocycles. The summed E-state index contributed by atoms with van der Waals surface area (Å²) < 4.78 is 37.2. The Labute approximate surface area is 116 Å². The lowest BCUT2D eigenvalue weighted by atomic mass is 10.2. The number of hydrogen-bond donors (Lipinski definition) is 2. The fourth-order valence-corrected chi connectivity index (χ4v) is 2.19. The number of aromatic amines is 1. The predicted octanol–water partition coefficient (Wildman–Crippen LogP) is 2.95. The molecule has 0 unspecified atom stereocenters. The molecule has 8 heteroatoms. The van der Waals surface area contributed by atoms with Gasteiger partial charge in [0.25, 0.3) is 5.91 Å². The van der Waals surface area contributed by atoms with Crippen molar-refractivity contribution in [2.75, 3.05) is 0 Å². The lowest BCUT2D eigenvalue weighted by molar-refractivity contribution is -0.0328. The van der Waals surface area contributed by atoms with Crippen LogP contribution < -0.4 is 5.32 Å². The summed E-state index contributed by atoms with van der Waals surface area (Å²) in [5, 5.41) is 2.54. The Morgan fingerprint density at radius 1 is 1.35 bits per heavy atom. The third-order valence-electron chi connectivity index (χ3n) is 2.35. The van der Waals surface area contributed by atoms with Crippen LogP contribution in [-0.4, -0.2) is 21.4 Å². The van der Waals surface area contributed by atoms with Gasteiger partial charge in [-0.05, 0) is 23.9 Å². The van der Waals surface area contributed by atoms with Crippen molar-refractivity contribution < 1.29 is 18.0 Å². The average molecular weight is 301 g/mol. The number of benzene rings is 1. The van der Waals surface area contributed by atoms with Crippen molar-refractivity contribution in [1.82, 2.24) is 15.3 Å². The van der Waals surface area contributed by atoms with Crippen LogP contribution in [0.1, 0.15) is 16.1 Å². The van der Waals surface area contributed by atoms with Crippen LogP contribution in [0.3, 0.4) is 0 Å². The van der Waals surface area contributed by atoms with Gasteiger partial charge in [0.15, 0.2) is 0 Å². The van der Waals surface area contributed by atoms with Gasteiger partial charge in [0.05, 0.1) is 24.1 Å². The van der Waals surface area contributed by atoms with E-state index in [9.17, 15) is 18.0 Å². The van der Waals surface area contributed by atoms with Gasteiger partial charge < -0.3 is 10.3 Å². The quantitative estimate of drug-likeness (QED) is 0.854. The standard InChI is InChI=1S/C12H10F3N3OS/c13-12(14,15)20-10-4-2-1-3-9(10)11(19)17-6-8-5-16-7-18-8/h1-5,7H,6H2,(H,16,18)(H,17,19). The maximum absolute atomic E-state index is 12.4. The third kappa shape index (κ3) is 4.02. The summed E-state index contributed by atoms with van der Waals surface area (Å²) in [6, 6.07) is 5.60. The molecule has 1 aromatic heterocycles. The first kappa shape index (κ1) is 14.4. The zero-order chi connectivity index (χ0) is 14.6. The van der Waals surface area contributed by atoms with Gasteiger partial charge >= 0.3 is 5.51 Å². The van der Waals surface area contributed by atoms with E-state index < -0.39 is 11.4 Å². The van der Waals surface area contributed by atoms with Gasteiger partial charge in [0, 0.05) is 11.1 Å². The number of carbonyl (C=O) groups excluding carboxylic acids is 1. The Kier molecular flexibility index (Phi) is 4.33. The van der Waals surface area contributed by atoms with Gasteiger partial charge in [0.1, 0.15) is 0 Å². The van der Waals surface area contributed by atoms with Crippen LogP contribution in [0, 0.1) is 0 Å². The summed E-state index contributed by atoms with van der Waals surface area (Å²) in [6.07, 6.45) is 2.98. The van der Waals surface area contributed by atoms with Gasteiger partial charge in [-0.15, -0.1) is 0 Å². The van der Waals surface area contributed by atoms with E-state index in [0.717, 1.165) is 0 Å². The van der Waals surface area contributed by atoms with Crippen LogP contribution >= 0.6 is 11.8 Å². The number of imidazole rings is 1. The van der Waals surface area contributed by atoms with E-state index >= 15 is 0 Å². The molecule has 1 aromatic carbocycles. The molecule has 0 bridgehead atoms. The first-order valence-corrected chi connectivity index (χ1v) is 6.37. The zero-order valence-corrected chi connectivity index (χ0v) is 10.9. The highest BCUT2D eigenvalue weighted by atomic mass is 32.2. The van der Waals surface area contributed by atoms with E-state index in [-0.39, 0.29) is 28.8 Å². The summed E-state index contributed by atoms with van der Waals surface area (Å²) in [7, 11) is 0. The second-order valence-electron chi connectivity index (χ2n) is 3.80. The van der Waals surface area contributed by atoms with Crippen LogP contribution in [0.15, 0.2) is 41.7 Å². The van der Waals surface area contributed by atoms with Crippen molar-refractivity contribution in [1.29, 1.82) is 0 Å². The molecule has 4 nitrogen and oxygen atoms in total. The second kappa shape index (κ2) is 6.00. The zero-order valence-electron chi connectivity index (χ0n) is 10.1. The summed E-state index contributed by atoms with van der Waals surface area (Å²) in [4.78, 5) is 18.4. The highest BCUT2D eigenvalue weighted by Crippen LogP contribution is 2.38. The van der Waals surface area contributed by atoms with Crippen molar-refractivity contribution in [3.8, 4) is 0 Å². The number of nitrogens with zero attached hydrogens (tertiary/aromatic N) is 1. The molecule has 106 valence electrons. The number of aromatic nitrogens is 2. The normalized spacial score (nSPS) is 11.3. The van der Waals surface area contributed by atoms with Crippen LogP contribution in [0.25, 0.3) is 0 Å². The molecule has 0 fully saturated rings. The van der Waals surface area contributed by atoms with Gasteiger partial charge in [-0.3, -0.25) is 4.79 Å². The van der Waals surface area contributed by atoms with Crippen molar-refractivity contribution >= 4 is 17.7 Å². The number of halogens is 3. The van der Waals surface area contributed by atoms with Gasteiger partial charge in [0.2, 0.25) is 0 Å². The number of hydrogen-bond acceptors (Lipinski definition) is 3. The lowest BCUT2D eigenvalue weighted by Gasteiger charge is -2.10. The Balaban J connectivity index is 2.09. The topological polar surface area (TPSA) is 57.8 Å². The molecule has 0 saturated carbocycles. The molecule has 0 radical (unpaired) electrons. The number of alkyl halides is 3. The smallest absolute Gasteiger partial charge is 0.347 e. The minimum absolute atomic E-state index is 0.00524. The van der Waals surface area contributed by atoms with E-state index in [4.69, 9.17) is 0 Å². The number of nitrogens with one attached hydrogen (secondary N) is 2. The Hall–Kier alpha value is -1.96. The molecule has 0 aliphatic rings. The molecule has 0 aliphatic heterocycles. The van der Waals surface area contributed by atoms with Crippen molar-refractivity contribution in [2.24, 2.45) is 0 Å². The molecule has 2 rings (SSSR count). The number of carbonyl (C=O) groups is 1. The first-order valence-electron chi connectivity index (χ1n) is 5.56. The van der Waals surface area contributed by atoms with E-state index in [1.165, 1.54) is 36.8 Å². The Bertz CT molecular complexity index is 584. The maximum Gasteiger partial charge on any atom is 0.446 e. The van der Waals surface area contributed by atoms with Crippen molar-refractivity contribution in [3.05, 3.63) is 48.0 Å². The van der Waals surface area contributed by atoms with E-state index in [1.807, 2.05) is 0 Å². The minimum Gasteiger partial charge on any atom is -0.347 e. The first-order chi connectivity index (χ1) is 9.46. The Morgan fingerprint density at radius 2 is 2.10 bits per heavy atom. The van der Waals surface area contributed by atoms with E-state index in [1.54, 1.807) is 0 Å². The van der Waals surface area contributed by atoms with E-state index in [2.05, 4.69) is 15.3 Å². The molecule has 0 atom stereocenters. The van der Waals surface area contributed by atoms with Crippen molar-refractivity contribution in [2.45, 2.75) is 16.9 Å². The largest absolute Gasteiger partial charge is 0.446 e. The molecule has 2 N–H and O–H groups in total. The monoisotopic (exact) mass is 301 g/mol. The van der Waals surface area contributed by atoms with Gasteiger partial charge in [-0.2, -0.15) is 13.2 Å². The molecule has 0 saturated heterocycles. The number of thioether (sulfide) groups is 1. The van der Waals surface area contributed by atoms with Gasteiger partial charge in [-0.1, -0.05) is 12.1 Å². The summed E-state index contributed by atoms with van der Waals surface area (Å²) >= 11 is -0.302. The van der Waals surface area contributed by atoms with Crippen LogP contribution in [0.2, 0.25) is 0 Å². The van der Waals surface area contributed by atoms with Crippen molar-refractivity contribution in [3.63, 3.8) is 0 Å². The van der Waals surface area contributed by atoms with Crippen LogP contribution in [-0.2, 0) is 6.54 Å². The predicted molar refractivity (Wildman–Crippen MR) is 68.1 cm³/mol. The highest BCUT2D eigenvalue weighted by Gasteiger charge is 2.31.